The first-order chi connectivity index (χ1) is 15.8. The number of benzene rings is 2. The minimum atomic E-state index is -0.353. The number of ether oxygens (including phenoxy) is 1. The fourth-order valence-corrected chi connectivity index (χ4v) is 3.96. The van der Waals surface area contributed by atoms with Crippen LogP contribution in [-0.4, -0.2) is 24.3 Å². The van der Waals surface area contributed by atoms with Gasteiger partial charge in [0.1, 0.15) is 22.9 Å². The molecule has 1 N–H and O–H groups in total. The molecule has 170 valence electrons. The number of nitrogens with zero attached hydrogens (tertiary/aromatic N) is 2. The molecular formula is C26H27N3O4. The van der Waals surface area contributed by atoms with Crippen LogP contribution in [0.15, 0.2) is 52.0 Å². The van der Waals surface area contributed by atoms with Gasteiger partial charge in [0.25, 0.3) is 5.91 Å². The predicted molar refractivity (Wildman–Crippen MR) is 129 cm³/mol. The average molecular weight is 446 g/mol. The van der Waals surface area contributed by atoms with Crippen molar-refractivity contribution < 1.29 is 18.7 Å². The van der Waals surface area contributed by atoms with Crippen LogP contribution >= 0.6 is 0 Å². The van der Waals surface area contributed by atoms with Crippen molar-refractivity contribution in [3.8, 4) is 5.75 Å². The molecule has 1 aliphatic heterocycles. The fraction of sp³-hybridized carbons (Fsp3) is 0.269. The normalized spacial score (nSPS) is 14.1. The molecule has 1 aliphatic rings. The van der Waals surface area contributed by atoms with E-state index in [-0.39, 0.29) is 18.2 Å². The van der Waals surface area contributed by atoms with E-state index < -0.39 is 0 Å². The lowest BCUT2D eigenvalue weighted by Gasteiger charge is -2.14. The number of amidine groups is 1. The molecule has 0 spiro atoms. The van der Waals surface area contributed by atoms with Crippen LogP contribution in [-0.2, 0) is 9.59 Å². The number of furan rings is 1. The number of hydrogen-bond acceptors (Lipinski definition) is 5. The number of para-hydroxylation sites is 1. The zero-order chi connectivity index (χ0) is 23.7. The Bertz CT molecular complexity index is 1300. The van der Waals surface area contributed by atoms with Gasteiger partial charge in [0, 0.05) is 22.6 Å². The Morgan fingerprint density at radius 1 is 1.21 bits per heavy atom. The minimum Gasteiger partial charge on any atom is -0.493 e. The van der Waals surface area contributed by atoms with Crippen molar-refractivity contribution in [1.82, 2.24) is 5.32 Å². The van der Waals surface area contributed by atoms with Crippen molar-refractivity contribution in [3.05, 3.63) is 64.9 Å². The molecule has 0 unspecified atom stereocenters. The maximum absolute atomic E-state index is 12.8. The number of allylic oxidation sites excluding steroid dienone is 1. The molecule has 0 fully saturated rings. The Kier molecular flexibility index (Phi) is 6.05. The van der Waals surface area contributed by atoms with Crippen LogP contribution in [0, 0.1) is 20.8 Å². The molecule has 0 saturated heterocycles. The largest absolute Gasteiger partial charge is 0.493 e. The van der Waals surface area contributed by atoms with Gasteiger partial charge < -0.3 is 14.5 Å². The number of carbonyl (C=O) groups is 2. The molecular weight excluding hydrogens is 418 g/mol. The first-order valence-corrected chi connectivity index (χ1v) is 10.9. The zero-order valence-corrected chi connectivity index (χ0v) is 19.5. The lowest BCUT2D eigenvalue weighted by Crippen LogP contribution is -2.28. The number of hydrogen-bond donors (Lipinski definition) is 1. The van der Waals surface area contributed by atoms with Crippen molar-refractivity contribution in [2.24, 2.45) is 5.10 Å². The Morgan fingerprint density at radius 2 is 1.94 bits per heavy atom. The first-order valence-electron chi connectivity index (χ1n) is 10.9. The third-order valence-electron chi connectivity index (χ3n) is 5.75. The van der Waals surface area contributed by atoms with Crippen molar-refractivity contribution in [2.45, 2.75) is 41.0 Å². The Labute approximate surface area is 192 Å². The summed E-state index contributed by atoms with van der Waals surface area (Å²) >= 11 is 0. The van der Waals surface area contributed by atoms with Gasteiger partial charge in [-0.25, -0.2) is 0 Å². The Hall–Kier alpha value is -3.87. The molecule has 4 rings (SSSR count). The highest BCUT2D eigenvalue weighted by molar-refractivity contribution is 6.17. The van der Waals surface area contributed by atoms with E-state index in [1.54, 1.807) is 12.1 Å². The summed E-state index contributed by atoms with van der Waals surface area (Å²) in [5.74, 6) is 1.33. The summed E-state index contributed by atoms with van der Waals surface area (Å²) in [6, 6.07) is 11.1. The molecule has 0 atom stereocenters. The van der Waals surface area contributed by atoms with Gasteiger partial charge in [-0.2, -0.15) is 10.1 Å². The van der Waals surface area contributed by atoms with Crippen LogP contribution in [0.5, 0.6) is 5.75 Å². The van der Waals surface area contributed by atoms with Gasteiger partial charge in [0.2, 0.25) is 5.91 Å². The summed E-state index contributed by atoms with van der Waals surface area (Å²) in [7, 11) is 0. The van der Waals surface area contributed by atoms with Crippen LogP contribution in [0.3, 0.4) is 0 Å². The predicted octanol–water partition coefficient (Wildman–Crippen LogP) is 5.03. The summed E-state index contributed by atoms with van der Waals surface area (Å²) in [4.78, 5) is 25.1. The number of nitrogens with one attached hydrogen (secondary N) is 1. The number of aryl methyl sites for hydroxylation is 3. The lowest BCUT2D eigenvalue weighted by molar-refractivity contribution is -0.116. The minimum absolute atomic E-state index is 0.0380. The SMILES string of the molecule is CCOc1c(/C(C)=C/C(=O)NC2=NN(c3ccccc3)C(=O)C2)cc2c(C)c(C)oc2c1C. The average Bonchev–Trinajstić information content (AvgIpc) is 3.29. The number of hydrazone groups is 1. The van der Waals surface area contributed by atoms with E-state index in [4.69, 9.17) is 9.15 Å². The molecule has 7 heteroatoms. The van der Waals surface area contributed by atoms with E-state index in [1.165, 1.54) is 11.1 Å². The molecule has 2 heterocycles. The van der Waals surface area contributed by atoms with E-state index in [0.29, 0.717) is 23.9 Å². The molecule has 3 aromatic rings. The lowest BCUT2D eigenvalue weighted by atomic mass is 9.98. The van der Waals surface area contributed by atoms with Gasteiger partial charge in [-0.1, -0.05) is 18.2 Å². The van der Waals surface area contributed by atoms with Crippen LogP contribution in [0.2, 0.25) is 0 Å². The van der Waals surface area contributed by atoms with Gasteiger partial charge in [-0.15, -0.1) is 0 Å². The highest BCUT2D eigenvalue weighted by atomic mass is 16.5. The van der Waals surface area contributed by atoms with Gasteiger partial charge in [0.05, 0.1) is 18.7 Å². The van der Waals surface area contributed by atoms with E-state index >= 15 is 0 Å². The maximum atomic E-state index is 12.8. The van der Waals surface area contributed by atoms with Crippen LogP contribution < -0.4 is 15.1 Å². The van der Waals surface area contributed by atoms with E-state index in [1.807, 2.05) is 58.9 Å². The Balaban J connectivity index is 1.62. The highest BCUT2D eigenvalue weighted by Crippen LogP contribution is 2.38. The number of rotatable bonds is 5. The second-order valence-electron chi connectivity index (χ2n) is 8.05. The summed E-state index contributed by atoms with van der Waals surface area (Å²) in [5, 5.41) is 9.33. The zero-order valence-electron chi connectivity index (χ0n) is 19.5. The van der Waals surface area contributed by atoms with Gasteiger partial charge in [-0.05, 0) is 64.0 Å². The molecule has 0 aliphatic carbocycles. The second kappa shape index (κ2) is 8.94. The summed E-state index contributed by atoms with van der Waals surface area (Å²) in [5.41, 5.74) is 5.00. The third kappa shape index (κ3) is 4.26. The topological polar surface area (TPSA) is 84.1 Å². The third-order valence-corrected chi connectivity index (χ3v) is 5.75. The van der Waals surface area contributed by atoms with E-state index in [9.17, 15) is 9.59 Å². The standard InChI is InChI=1S/C26H27N3O4/c1-6-32-25-17(4)26-21(16(3)18(5)33-26)13-20(25)15(2)12-23(30)27-22-14-24(31)29(28-22)19-10-8-7-9-11-19/h7-13H,6,14H2,1-5H3,(H,27,28,30)/b15-12+. The maximum Gasteiger partial charge on any atom is 0.255 e. The molecule has 2 amide bonds. The van der Waals surface area contributed by atoms with Gasteiger partial charge in [-0.3, -0.25) is 9.59 Å². The number of fused-ring (bicyclic) bond motifs is 1. The molecule has 0 radical (unpaired) electrons. The number of amides is 2. The van der Waals surface area contributed by atoms with Crippen LogP contribution in [0.25, 0.3) is 16.5 Å². The van der Waals surface area contributed by atoms with Crippen molar-refractivity contribution in [1.29, 1.82) is 0 Å². The van der Waals surface area contributed by atoms with Crippen LogP contribution in [0.1, 0.15) is 42.7 Å². The van der Waals surface area contributed by atoms with Gasteiger partial charge in [0.15, 0.2) is 0 Å². The number of carbonyl (C=O) groups excluding carboxylic acids is 2. The van der Waals surface area contributed by atoms with Crippen LogP contribution in [0.4, 0.5) is 5.69 Å². The molecule has 1 aromatic heterocycles. The van der Waals surface area contributed by atoms with E-state index in [0.717, 1.165) is 39.0 Å². The first kappa shape index (κ1) is 22.3. The second-order valence-corrected chi connectivity index (χ2v) is 8.05. The quantitative estimate of drug-likeness (QED) is 0.559. The summed E-state index contributed by atoms with van der Waals surface area (Å²) in [6.07, 6.45) is 1.54. The number of anilines is 1. The molecule has 0 bridgehead atoms. The molecule has 2 aromatic carbocycles. The monoisotopic (exact) mass is 445 g/mol. The fourth-order valence-electron chi connectivity index (χ4n) is 3.96. The molecule has 7 nitrogen and oxygen atoms in total. The van der Waals surface area contributed by atoms with Crippen molar-refractivity contribution in [3.63, 3.8) is 0 Å². The summed E-state index contributed by atoms with van der Waals surface area (Å²) < 4.78 is 11.9. The Morgan fingerprint density at radius 3 is 2.64 bits per heavy atom. The molecule has 33 heavy (non-hydrogen) atoms. The molecule has 0 saturated carbocycles. The van der Waals surface area contributed by atoms with Crippen molar-refractivity contribution in [2.75, 3.05) is 11.6 Å². The van der Waals surface area contributed by atoms with Crippen molar-refractivity contribution >= 4 is 39.9 Å². The highest BCUT2D eigenvalue weighted by Gasteiger charge is 2.26. The van der Waals surface area contributed by atoms with E-state index in [2.05, 4.69) is 10.4 Å². The summed E-state index contributed by atoms with van der Waals surface area (Å²) in [6.45, 7) is 10.2. The van der Waals surface area contributed by atoms with Gasteiger partial charge >= 0.3 is 0 Å². The smallest absolute Gasteiger partial charge is 0.255 e.